The van der Waals surface area contributed by atoms with Gasteiger partial charge in [-0.3, -0.25) is 14.5 Å². The Morgan fingerprint density at radius 2 is 1.81 bits per heavy atom. The first-order valence-corrected chi connectivity index (χ1v) is 17.6. The number of hydrogen-bond donors (Lipinski definition) is 1. The molecule has 2 saturated carbocycles. The molecule has 7 aliphatic rings. The first-order valence-electron chi connectivity index (χ1n) is 17.6. The molecule has 0 unspecified atom stereocenters. The standard InChI is InChI=1S/C41H44N2O5/c1-24-5-6-27(19-25(24)2)20-34(44)42-30-12-9-28(10-13-30)36(45)31-22-39-15-16-41(31,47-4)38-40(39)17-18-43(23-26-7-8-26)33(39)21-29-11-14-32(46-3)37(48-38)35(29)40/h5-6,9-16,19,26,31,33,38H,7-8,17-18,20-23H2,1-4H3,(H,42,44)/t31-,33-,38-,39-,40+,41-/m1/s1. The lowest BCUT2D eigenvalue weighted by molar-refractivity contribution is -0.206. The van der Waals surface area contributed by atoms with Gasteiger partial charge < -0.3 is 19.5 Å². The maximum Gasteiger partial charge on any atom is 0.228 e. The predicted octanol–water partition coefficient (Wildman–Crippen LogP) is 6.38. The highest BCUT2D eigenvalue weighted by Crippen LogP contribution is 2.75. The van der Waals surface area contributed by atoms with Gasteiger partial charge in [0.25, 0.3) is 0 Å². The Morgan fingerprint density at radius 3 is 2.54 bits per heavy atom. The van der Waals surface area contributed by atoms with Crippen LogP contribution in [0.25, 0.3) is 0 Å². The zero-order chi connectivity index (χ0) is 33.0. The minimum absolute atomic E-state index is 0.0626. The van der Waals surface area contributed by atoms with Crippen molar-refractivity contribution < 1.29 is 23.8 Å². The summed E-state index contributed by atoms with van der Waals surface area (Å²) in [6.07, 6.45) is 9.86. The molecule has 3 fully saturated rings. The summed E-state index contributed by atoms with van der Waals surface area (Å²) >= 11 is 0. The summed E-state index contributed by atoms with van der Waals surface area (Å²) in [6, 6.07) is 18.1. The number of ketones is 1. The zero-order valence-corrected chi connectivity index (χ0v) is 28.3. The lowest BCUT2D eigenvalue weighted by Gasteiger charge is -2.71. The fourth-order valence-corrected chi connectivity index (χ4v) is 10.4. The molecule has 2 aliphatic heterocycles. The van der Waals surface area contributed by atoms with Crippen LogP contribution in [0, 0.1) is 31.1 Å². The van der Waals surface area contributed by atoms with Crippen LogP contribution in [0.4, 0.5) is 5.69 Å². The van der Waals surface area contributed by atoms with Gasteiger partial charge in [0, 0.05) is 41.9 Å². The number of hydrogen-bond acceptors (Lipinski definition) is 6. The molecule has 0 radical (unpaired) electrons. The molecule has 7 heteroatoms. The molecule has 1 saturated heterocycles. The van der Waals surface area contributed by atoms with E-state index < -0.39 is 11.5 Å². The molecule has 6 atom stereocenters. The average molecular weight is 645 g/mol. The number of nitrogens with one attached hydrogen (secondary N) is 1. The summed E-state index contributed by atoms with van der Waals surface area (Å²) in [7, 11) is 3.45. The third-order valence-electron chi connectivity index (χ3n) is 13.0. The van der Waals surface area contributed by atoms with Crippen LogP contribution in [0.1, 0.15) is 63.9 Å². The molecular weight excluding hydrogens is 600 g/mol. The SMILES string of the molecule is COc1ccc2c3c1O[C@H]1[C@@]4(OC)C=C[C@@]5(C[C@@H]4C(=O)c4ccc(NC(=O)Cc6ccc(C)c(C)c6)cc4)[C@@H](C2)N(CC2CC2)CC[C@]315. The lowest BCUT2D eigenvalue weighted by Crippen LogP contribution is -2.79. The molecule has 1 N–H and O–H groups in total. The second kappa shape index (κ2) is 10.5. The van der Waals surface area contributed by atoms with Crippen LogP contribution in [0.3, 0.4) is 0 Å². The highest BCUT2D eigenvalue weighted by Gasteiger charge is 2.80. The zero-order valence-electron chi connectivity index (χ0n) is 28.3. The van der Waals surface area contributed by atoms with Crippen molar-refractivity contribution in [2.24, 2.45) is 17.3 Å². The molecule has 2 spiro atoms. The average Bonchev–Trinajstić information content (AvgIpc) is 3.84. The number of rotatable bonds is 9. The number of nitrogens with zero attached hydrogens (tertiary/aromatic N) is 1. The molecule has 248 valence electrons. The number of methoxy groups -OCH3 is 2. The van der Waals surface area contributed by atoms with Crippen LogP contribution in [-0.4, -0.2) is 61.6 Å². The van der Waals surface area contributed by atoms with Crippen molar-refractivity contribution in [1.82, 2.24) is 4.90 Å². The van der Waals surface area contributed by atoms with Gasteiger partial charge in [0.15, 0.2) is 17.3 Å². The van der Waals surface area contributed by atoms with E-state index in [1.165, 1.54) is 35.1 Å². The number of anilines is 1. The Kier molecular flexibility index (Phi) is 6.61. The molecular formula is C41H44N2O5. The Balaban J connectivity index is 1.05. The second-order valence-electron chi connectivity index (χ2n) is 15.3. The summed E-state index contributed by atoms with van der Waals surface area (Å²) < 4.78 is 19.5. The van der Waals surface area contributed by atoms with Crippen molar-refractivity contribution in [2.75, 3.05) is 32.6 Å². The number of carbonyl (C=O) groups is 2. The molecule has 1 amide bonds. The number of likely N-dealkylation sites (tertiary alicyclic amines) is 1. The van der Waals surface area contributed by atoms with E-state index >= 15 is 0 Å². The Bertz CT molecular complexity index is 1880. The smallest absolute Gasteiger partial charge is 0.228 e. The van der Waals surface area contributed by atoms with Gasteiger partial charge in [-0.1, -0.05) is 36.4 Å². The van der Waals surface area contributed by atoms with Crippen LogP contribution in [-0.2, 0) is 27.8 Å². The van der Waals surface area contributed by atoms with Gasteiger partial charge in [0.2, 0.25) is 5.91 Å². The summed E-state index contributed by atoms with van der Waals surface area (Å²) in [5, 5.41) is 3.02. The van der Waals surface area contributed by atoms with Crippen LogP contribution in [0.15, 0.2) is 66.7 Å². The molecule has 7 nitrogen and oxygen atoms in total. The van der Waals surface area contributed by atoms with E-state index in [2.05, 4.69) is 60.5 Å². The van der Waals surface area contributed by atoms with Gasteiger partial charge in [-0.05, 0) is 111 Å². The van der Waals surface area contributed by atoms with E-state index in [0.717, 1.165) is 48.9 Å². The fraction of sp³-hybridized carbons (Fsp3) is 0.463. The number of ether oxygens (including phenoxy) is 3. The van der Waals surface area contributed by atoms with Crippen LogP contribution in [0.5, 0.6) is 11.5 Å². The van der Waals surface area contributed by atoms with Crippen molar-refractivity contribution in [3.63, 3.8) is 0 Å². The van der Waals surface area contributed by atoms with Gasteiger partial charge in [-0.15, -0.1) is 0 Å². The van der Waals surface area contributed by atoms with Crippen molar-refractivity contribution in [1.29, 1.82) is 0 Å². The van der Waals surface area contributed by atoms with E-state index in [1.807, 2.05) is 30.3 Å². The minimum atomic E-state index is -0.917. The summed E-state index contributed by atoms with van der Waals surface area (Å²) in [6.45, 7) is 6.29. The molecule has 3 aromatic rings. The van der Waals surface area contributed by atoms with Gasteiger partial charge in [-0.2, -0.15) is 0 Å². The fourth-order valence-electron chi connectivity index (χ4n) is 10.4. The van der Waals surface area contributed by atoms with E-state index in [9.17, 15) is 9.59 Å². The van der Waals surface area contributed by atoms with Crippen molar-refractivity contribution >= 4 is 17.4 Å². The van der Waals surface area contributed by atoms with E-state index in [-0.39, 0.29) is 28.6 Å². The van der Waals surface area contributed by atoms with E-state index in [4.69, 9.17) is 14.2 Å². The third-order valence-corrected chi connectivity index (χ3v) is 13.0. The van der Waals surface area contributed by atoms with Crippen LogP contribution in [0.2, 0.25) is 0 Å². The molecule has 48 heavy (non-hydrogen) atoms. The predicted molar refractivity (Wildman–Crippen MR) is 184 cm³/mol. The molecule has 4 bridgehead atoms. The Morgan fingerprint density at radius 1 is 1.00 bits per heavy atom. The minimum Gasteiger partial charge on any atom is -0.493 e. The number of benzene rings is 3. The summed E-state index contributed by atoms with van der Waals surface area (Å²) in [4.78, 5) is 30.4. The normalized spacial score (nSPS) is 32.0. The van der Waals surface area contributed by atoms with Crippen molar-refractivity contribution in [2.45, 2.75) is 75.5 Å². The molecule has 2 heterocycles. The Labute approximate surface area is 282 Å². The number of aryl methyl sites for hydroxylation is 2. The monoisotopic (exact) mass is 644 g/mol. The first-order chi connectivity index (χ1) is 23.2. The van der Waals surface area contributed by atoms with Gasteiger partial charge in [-0.25, -0.2) is 0 Å². The highest BCUT2D eigenvalue weighted by molar-refractivity contribution is 6.00. The highest BCUT2D eigenvalue weighted by atomic mass is 16.6. The lowest BCUT2D eigenvalue weighted by atomic mass is 9.36. The molecule has 5 aliphatic carbocycles. The van der Waals surface area contributed by atoms with E-state index in [0.29, 0.717) is 30.1 Å². The van der Waals surface area contributed by atoms with Gasteiger partial charge in [0.05, 0.1) is 24.9 Å². The van der Waals surface area contributed by atoms with Gasteiger partial charge >= 0.3 is 0 Å². The topological polar surface area (TPSA) is 77.1 Å². The Hall–Kier alpha value is -3.94. The molecule has 0 aromatic heterocycles. The summed E-state index contributed by atoms with van der Waals surface area (Å²) in [5.74, 6) is 1.95. The van der Waals surface area contributed by atoms with Crippen molar-refractivity contribution in [3.05, 3.63) is 100 Å². The number of carbonyl (C=O) groups excluding carboxylic acids is 2. The van der Waals surface area contributed by atoms with Crippen LogP contribution < -0.4 is 14.8 Å². The van der Waals surface area contributed by atoms with Crippen LogP contribution >= 0.6 is 0 Å². The molecule has 10 rings (SSSR count). The largest absolute Gasteiger partial charge is 0.493 e. The number of piperidine rings is 1. The summed E-state index contributed by atoms with van der Waals surface area (Å²) in [5.41, 5.74) is 5.87. The van der Waals surface area contributed by atoms with Gasteiger partial charge in [0.1, 0.15) is 11.7 Å². The quantitative estimate of drug-likeness (QED) is 0.215. The third kappa shape index (κ3) is 4.01. The number of amides is 1. The molecule has 3 aromatic carbocycles. The van der Waals surface area contributed by atoms with E-state index in [1.54, 1.807) is 14.2 Å². The second-order valence-corrected chi connectivity index (χ2v) is 15.3. The maximum atomic E-state index is 14.7. The maximum absolute atomic E-state index is 14.7. The first kappa shape index (κ1) is 30.1. The number of fused-ring (bicyclic) bond motifs is 1. The number of Topliss-reactive ketones (excluding diaryl/α,β-unsaturated/α-hetero) is 1. The van der Waals surface area contributed by atoms with Crippen molar-refractivity contribution in [3.8, 4) is 11.5 Å².